The number of anilines is 1. The van der Waals surface area contributed by atoms with Gasteiger partial charge in [0.1, 0.15) is 0 Å². The zero-order chi connectivity index (χ0) is 14.2. The lowest BCUT2D eigenvalue weighted by Gasteiger charge is -2.32. The van der Waals surface area contributed by atoms with Crippen molar-refractivity contribution in [1.82, 2.24) is 4.90 Å². The van der Waals surface area contributed by atoms with Crippen molar-refractivity contribution in [3.63, 3.8) is 0 Å². The highest BCUT2D eigenvalue weighted by atomic mass is 35.5. The second kappa shape index (κ2) is 8.50. The van der Waals surface area contributed by atoms with E-state index in [1.807, 2.05) is 0 Å². The van der Waals surface area contributed by atoms with Crippen LogP contribution in [0.25, 0.3) is 0 Å². The van der Waals surface area contributed by atoms with Gasteiger partial charge in [-0.3, -0.25) is 4.90 Å². The number of nitrogens with one attached hydrogen (secondary N) is 1. The summed E-state index contributed by atoms with van der Waals surface area (Å²) in [5.74, 6) is 0.723. The van der Waals surface area contributed by atoms with Crippen molar-refractivity contribution < 1.29 is 4.74 Å². The summed E-state index contributed by atoms with van der Waals surface area (Å²) in [5, 5.41) is 3.49. The Bertz CT molecular complexity index is 400. The van der Waals surface area contributed by atoms with E-state index in [4.69, 9.17) is 16.3 Å². The van der Waals surface area contributed by atoms with Crippen LogP contribution >= 0.6 is 11.6 Å². The Labute approximate surface area is 127 Å². The molecule has 1 N–H and O–H groups in total. The van der Waals surface area contributed by atoms with Crippen LogP contribution in [0.1, 0.15) is 18.9 Å². The first kappa shape index (κ1) is 15.6. The van der Waals surface area contributed by atoms with Crippen LogP contribution in [-0.2, 0) is 11.2 Å². The number of ether oxygens (including phenoxy) is 1. The van der Waals surface area contributed by atoms with Crippen LogP contribution in [0.15, 0.2) is 24.3 Å². The number of hydrogen-bond acceptors (Lipinski definition) is 3. The highest BCUT2D eigenvalue weighted by Crippen LogP contribution is 2.13. The highest BCUT2D eigenvalue weighted by molar-refractivity contribution is 6.17. The Balaban J connectivity index is 1.81. The van der Waals surface area contributed by atoms with Crippen molar-refractivity contribution in [2.24, 2.45) is 0 Å². The van der Waals surface area contributed by atoms with Gasteiger partial charge in [0.25, 0.3) is 0 Å². The molecule has 1 unspecified atom stereocenters. The smallest absolute Gasteiger partial charge is 0.0874 e. The van der Waals surface area contributed by atoms with E-state index in [1.54, 1.807) is 0 Å². The van der Waals surface area contributed by atoms with Gasteiger partial charge in [-0.25, -0.2) is 0 Å². The fourth-order valence-corrected chi connectivity index (χ4v) is 2.66. The van der Waals surface area contributed by atoms with Crippen molar-refractivity contribution in [3.8, 4) is 0 Å². The van der Waals surface area contributed by atoms with Gasteiger partial charge in [-0.15, -0.1) is 11.6 Å². The van der Waals surface area contributed by atoms with Crippen LogP contribution in [0.5, 0.6) is 0 Å². The Kier molecular flexibility index (Phi) is 6.64. The van der Waals surface area contributed by atoms with Gasteiger partial charge >= 0.3 is 0 Å². The molecule has 0 spiro atoms. The molecule has 1 aromatic carbocycles. The minimum Gasteiger partial charge on any atom is -0.382 e. The predicted octanol–water partition coefficient (Wildman–Crippen LogP) is 2.99. The van der Waals surface area contributed by atoms with Gasteiger partial charge < -0.3 is 10.1 Å². The summed E-state index contributed by atoms with van der Waals surface area (Å²) < 4.78 is 5.81. The van der Waals surface area contributed by atoms with Crippen LogP contribution < -0.4 is 5.32 Å². The first-order valence-corrected chi connectivity index (χ1v) is 8.08. The number of halogens is 1. The molecular weight excluding hydrogens is 272 g/mol. The molecule has 0 amide bonds. The van der Waals surface area contributed by atoms with Crippen LogP contribution in [-0.4, -0.2) is 49.7 Å². The molecule has 1 atom stereocenters. The second-order valence-corrected chi connectivity index (χ2v) is 5.64. The number of rotatable bonds is 7. The van der Waals surface area contributed by atoms with E-state index in [0.29, 0.717) is 0 Å². The van der Waals surface area contributed by atoms with Gasteiger partial charge in [0.05, 0.1) is 12.7 Å². The molecular formula is C16H25ClN2O. The average molecular weight is 297 g/mol. The van der Waals surface area contributed by atoms with Crippen molar-refractivity contribution in [1.29, 1.82) is 0 Å². The van der Waals surface area contributed by atoms with E-state index in [9.17, 15) is 0 Å². The molecule has 112 valence electrons. The van der Waals surface area contributed by atoms with Crippen molar-refractivity contribution in [2.75, 3.05) is 44.0 Å². The third-order valence-corrected chi connectivity index (χ3v) is 4.00. The lowest BCUT2D eigenvalue weighted by molar-refractivity contribution is -0.0191. The topological polar surface area (TPSA) is 24.5 Å². The molecule has 1 fully saturated rings. The Morgan fingerprint density at radius 2 is 2.35 bits per heavy atom. The first-order valence-electron chi connectivity index (χ1n) is 7.54. The molecule has 0 saturated carbocycles. The standard InChI is InChI=1S/C16H25ClN2O/c1-2-19-9-10-20-16(13-19)12-18-15-7-3-5-14(11-15)6-4-8-17/h3,5,7,11,16,18H,2,4,6,8-10,12-13H2,1H3. The fourth-order valence-electron chi connectivity index (χ4n) is 2.53. The number of aryl methyl sites for hydroxylation is 1. The minimum atomic E-state index is 0.287. The van der Waals surface area contributed by atoms with Crippen LogP contribution in [0, 0.1) is 0 Å². The molecule has 1 aliphatic heterocycles. The van der Waals surface area contributed by atoms with Crippen LogP contribution in [0.2, 0.25) is 0 Å². The van der Waals surface area contributed by atoms with Gasteiger partial charge in [0, 0.05) is 31.2 Å². The molecule has 20 heavy (non-hydrogen) atoms. The summed E-state index contributed by atoms with van der Waals surface area (Å²) in [6, 6.07) is 8.59. The van der Waals surface area contributed by atoms with Gasteiger partial charge in [-0.1, -0.05) is 19.1 Å². The van der Waals surface area contributed by atoms with E-state index in [1.165, 1.54) is 11.3 Å². The molecule has 1 aromatic rings. The molecule has 1 heterocycles. The molecule has 0 aromatic heterocycles. The Morgan fingerprint density at radius 1 is 1.45 bits per heavy atom. The summed E-state index contributed by atoms with van der Waals surface area (Å²) in [4.78, 5) is 2.44. The largest absolute Gasteiger partial charge is 0.382 e. The van der Waals surface area contributed by atoms with Gasteiger partial charge in [-0.2, -0.15) is 0 Å². The van der Waals surface area contributed by atoms with E-state index in [0.717, 1.165) is 51.5 Å². The maximum absolute atomic E-state index is 5.81. The molecule has 1 aliphatic rings. The number of hydrogen-bond donors (Lipinski definition) is 1. The van der Waals surface area contributed by atoms with Crippen molar-refractivity contribution >= 4 is 17.3 Å². The maximum Gasteiger partial charge on any atom is 0.0874 e. The fraction of sp³-hybridized carbons (Fsp3) is 0.625. The van der Waals surface area contributed by atoms with Crippen LogP contribution in [0.3, 0.4) is 0 Å². The molecule has 4 heteroatoms. The number of likely N-dealkylation sites (N-methyl/N-ethyl adjacent to an activating group) is 1. The molecule has 3 nitrogen and oxygen atoms in total. The number of nitrogens with zero attached hydrogens (tertiary/aromatic N) is 1. The Hall–Kier alpha value is -0.770. The monoisotopic (exact) mass is 296 g/mol. The lowest BCUT2D eigenvalue weighted by Crippen LogP contribution is -2.45. The van der Waals surface area contributed by atoms with Gasteiger partial charge in [0.2, 0.25) is 0 Å². The molecule has 0 radical (unpaired) electrons. The van der Waals surface area contributed by atoms with E-state index in [2.05, 4.69) is 41.4 Å². The zero-order valence-electron chi connectivity index (χ0n) is 12.3. The SMILES string of the molecule is CCN1CCOC(CNc2cccc(CCCCl)c2)C1. The highest BCUT2D eigenvalue weighted by Gasteiger charge is 2.18. The number of benzene rings is 1. The molecule has 0 bridgehead atoms. The quantitative estimate of drug-likeness (QED) is 0.783. The third kappa shape index (κ3) is 4.97. The summed E-state index contributed by atoms with van der Waals surface area (Å²) in [7, 11) is 0. The van der Waals surface area contributed by atoms with Crippen molar-refractivity contribution in [3.05, 3.63) is 29.8 Å². The van der Waals surface area contributed by atoms with Gasteiger partial charge in [0.15, 0.2) is 0 Å². The van der Waals surface area contributed by atoms with E-state index < -0.39 is 0 Å². The van der Waals surface area contributed by atoms with Gasteiger partial charge in [-0.05, 0) is 37.1 Å². The molecule has 2 rings (SSSR count). The molecule has 1 saturated heterocycles. The van der Waals surface area contributed by atoms with Crippen molar-refractivity contribution in [2.45, 2.75) is 25.9 Å². The van der Waals surface area contributed by atoms with Crippen LogP contribution in [0.4, 0.5) is 5.69 Å². The lowest BCUT2D eigenvalue weighted by atomic mass is 10.1. The zero-order valence-corrected chi connectivity index (χ0v) is 13.0. The summed E-state index contributed by atoms with van der Waals surface area (Å²) in [6.45, 7) is 7.10. The minimum absolute atomic E-state index is 0.287. The normalized spacial score (nSPS) is 20.0. The first-order chi connectivity index (χ1) is 9.81. The average Bonchev–Trinajstić information content (AvgIpc) is 2.51. The predicted molar refractivity (Wildman–Crippen MR) is 85.8 cm³/mol. The Morgan fingerprint density at radius 3 is 3.15 bits per heavy atom. The maximum atomic E-state index is 5.81. The third-order valence-electron chi connectivity index (χ3n) is 3.73. The van der Waals surface area contributed by atoms with E-state index in [-0.39, 0.29) is 6.10 Å². The summed E-state index contributed by atoms with van der Waals surface area (Å²) in [6.07, 6.45) is 2.36. The number of alkyl halides is 1. The summed E-state index contributed by atoms with van der Waals surface area (Å²) >= 11 is 5.74. The molecule has 0 aliphatic carbocycles. The second-order valence-electron chi connectivity index (χ2n) is 5.26. The summed E-state index contributed by atoms with van der Waals surface area (Å²) in [5.41, 5.74) is 2.52. The van der Waals surface area contributed by atoms with E-state index >= 15 is 0 Å². The number of morpholine rings is 1.